The maximum Gasteiger partial charge on any atom is 0.322 e. The van der Waals surface area contributed by atoms with Crippen LogP contribution in [0.25, 0.3) is 0 Å². The molecule has 2 aromatic heterocycles. The number of aryl methyl sites for hydroxylation is 2. The van der Waals surface area contributed by atoms with Crippen LogP contribution in [0.2, 0.25) is 0 Å². The van der Waals surface area contributed by atoms with E-state index in [-0.39, 0.29) is 23.5 Å². The van der Waals surface area contributed by atoms with E-state index in [1.807, 2.05) is 19.1 Å². The van der Waals surface area contributed by atoms with E-state index in [9.17, 15) is 9.59 Å². The number of carbonyl (C=O) groups is 1. The standard InChI is InChI=1S/C17H22N6O3/c1-12-3-4-13(9-19-12)21-17(25)23-7-8-26-14(11-23)10-20-15-16(24)22(2)6-5-18-15/h3-6,9,14H,7-8,10-11H2,1-2H3,(H,18,20)(H,21,25)/t14-/m1/s1. The molecule has 26 heavy (non-hydrogen) atoms. The number of ether oxygens (including phenoxy) is 1. The van der Waals surface area contributed by atoms with Gasteiger partial charge >= 0.3 is 6.03 Å². The van der Waals surface area contributed by atoms with Gasteiger partial charge < -0.3 is 24.8 Å². The van der Waals surface area contributed by atoms with Gasteiger partial charge in [-0.05, 0) is 19.1 Å². The number of hydrogen-bond donors (Lipinski definition) is 2. The number of pyridine rings is 1. The van der Waals surface area contributed by atoms with Gasteiger partial charge in [-0.1, -0.05) is 0 Å². The molecule has 1 fully saturated rings. The summed E-state index contributed by atoms with van der Waals surface area (Å²) in [6.07, 6.45) is 4.55. The Bertz CT molecular complexity index is 820. The van der Waals surface area contributed by atoms with Gasteiger partial charge in [0, 0.05) is 38.2 Å². The van der Waals surface area contributed by atoms with Crippen molar-refractivity contribution >= 4 is 17.5 Å². The van der Waals surface area contributed by atoms with Gasteiger partial charge in [-0.15, -0.1) is 0 Å². The molecular weight excluding hydrogens is 336 g/mol. The quantitative estimate of drug-likeness (QED) is 0.839. The summed E-state index contributed by atoms with van der Waals surface area (Å²) in [4.78, 5) is 34.3. The summed E-state index contributed by atoms with van der Waals surface area (Å²) in [5.74, 6) is 0.269. The van der Waals surface area contributed by atoms with Crippen molar-refractivity contribution in [1.82, 2.24) is 19.4 Å². The fourth-order valence-corrected chi connectivity index (χ4v) is 2.60. The van der Waals surface area contributed by atoms with Gasteiger partial charge in [0.1, 0.15) is 0 Å². The molecule has 3 heterocycles. The van der Waals surface area contributed by atoms with Crippen LogP contribution in [0.15, 0.2) is 35.5 Å². The van der Waals surface area contributed by atoms with Crippen molar-refractivity contribution in [2.24, 2.45) is 7.05 Å². The average molecular weight is 358 g/mol. The van der Waals surface area contributed by atoms with E-state index in [0.717, 1.165) is 5.69 Å². The van der Waals surface area contributed by atoms with E-state index in [0.29, 0.717) is 31.9 Å². The minimum atomic E-state index is -0.225. The second-order valence-electron chi connectivity index (χ2n) is 6.13. The first-order valence-electron chi connectivity index (χ1n) is 8.38. The van der Waals surface area contributed by atoms with Crippen LogP contribution in [-0.4, -0.2) is 57.8 Å². The van der Waals surface area contributed by atoms with E-state index in [4.69, 9.17) is 4.74 Å². The summed E-state index contributed by atoms with van der Waals surface area (Å²) < 4.78 is 7.13. The zero-order valence-electron chi connectivity index (χ0n) is 14.8. The molecule has 138 valence electrons. The molecule has 9 heteroatoms. The largest absolute Gasteiger partial charge is 0.373 e. The number of morpholine rings is 1. The lowest BCUT2D eigenvalue weighted by Crippen LogP contribution is -2.49. The molecule has 9 nitrogen and oxygen atoms in total. The number of anilines is 2. The summed E-state index contributed by atoms with van der Waals surface area (Å²) in [5, 5.41) is 5.83. The first-order valence-corrected chi connectivity index (χ1v) is 8.38. The van der Waals surface area contributed by atoms with Crippen LogP contribution < -0.4 is 16.2 Å². The Morgan fingerprint density at radius 2 is 2.23 bits per heavy atom. The van der Waals surface area contributed by atoms with Crippen molar-refractivity contribution in [3.05, 3.63) is 46.8 Å². The first-order chi connectivity index (χ1) is 12.5. The molecule has 0 unspecified atom stereocenters. The molecular formula is C17H22N6O3. The fraction of sp³-hybridized carbons (Fsp3) is 0.412. The Morgan fingerprint density at radius 3 is 3.00 bits per heavy atom. The summed E-state index contributed by atoms with van der Waals surface area (Å²) in [7, 11) is 1.66. The number of rotatable bonds is 4. The number of carbonyl (C=O) groups excluding carboxylic acids is 1. The molecule has 1 saturated heterocycles. The smallest absolute Gasteiger partial charge is 0.322 e. The second kappa shape index (κ2) is 7.96. The van der Waals surface area contributed by atoms with Crippen molar-refractivity contribution in [2.45, 2.75) is 13.0 Å². The minimum absolute atomic E-state index is 0.197. The average Bonchev–Trinajstić information content (AvgIpc) is 2.65. The van der Waals surface area contributed by atoms with Crippen LogP contribution in [0.4, 0.5) is 16.3 Å². The van der Waals surface area contributed by atoms with Gasteiger partial charge in [-0.3, -0.25) is 9.78 Å². The highest BCUT2D eigenvalue weighted by Gasteiger charge is 2.24. The Morgan fingerprint density at radius 1 is 1.38 bits per heavy atom. The van der Waals surface area contributed by atoms with Crippen molar-refractivity contribution in [2.75, 3.05) is 36.9 Å². The number of nitrogens with zero attached hydrogens (tertiary/aromatic N) is 4. The third kappa shape index (κ3) is 4.37. The second-order valence-corrected chi connectivity index (χ2v) is 6.13. The van der Waals surface area contributed by atoms with Gasteiger partial charge in [-0.25, -0.2) is 9.78 Å². The molecule has 3 rings (SSSR count). The maximum absolute atomic E-state index is 12.4. The van der Waals surface area contributed by atoms with E-state index in [1.165, 1.54) is 4.57 Å². The van der Waals surface area contributed by atoms with E-state index in [2.05, 4.69) is 20.6 Å². The Hall–Kier alpha value is -2.94. The van der Waals surface area contributed by atoms with Gasteiger partial charge in [-0.2, -0.15) is 0 Å². The van der Waals surface area contributed by atoms with Crippen LogP contribution in [0.3, 0.4) is 0 Å². The number of amides is 2. The van der Waals surface area contributed by atoms with Gasteiger partial charge in [0.25, 0.3) is 5.56 Å². The van der Waals surface area contributed by atoms with Crippen LogP contribution in [0.5, 0.6) is 0 Å². The molecule has 0 aliphatic carbocycles. The lowest BCUT2D eigenvalue weighted by atomic mass is 10.2. The van der Waals surface area contributed by atoms with Crippen molar-refractivity contribution < 1.29 is 9.53 Å². The topological polar surface area (TPSA) is 101 Å². The van der Waals surface area contributed by atoms with Crippen LogP contribution in [0, 0.1) is 6.92 Å². The molecule has 0 radical (unpaired) electrons. The van der Waals surface area contributed by atoms with Crippen LogP contribution >= 0.6 is 0 Å². The zero-order chi connectivity index (χ0) is 18.5. The van der Waals surface area contributed by atoms with Gasteiger partial charge in [0.05, 0.1) is 31.1 Å². The Kier molecular flexibility index (Phi) is 5.47. The van der Waals surface area contributed by atoms with Crippen molar-refractivity contribution in [3.8, 4) is 0 Å². The van der Waals surface area contributed by atoms with E-state index < -0.39 is 0 Å². The molecule has 0 spiro atoms. The Labute approximate surface area is 151 Å². The van der Waals surface area contributed by atoms with Gasteiger partial charge in [0.2, 0.25) is 0 Å². The lowest BCUT2D eigenvalue weighted by Gasteiger charge is -2.33. The van der Waals surface area contributed by atoms with E-state index in [1.54, 1.807) is 30.5 Å². The highest BCUT2D eigenvalue weighted by molar-refractivity contribution is 5.89. The summed E-state index contributed by atoms with van der Waals surface area (Å²) in [6, 6.07) is 3.46. The normalized spacial score (nSPS) is 17.0. The summed E-state index contributed by atoms with van der Waals surface area (Å²) in [5.41, 5.74) is 1.34. The predicted octanol–water partition coefficient (Wildman–Crippen LogP) is 0.829. The zero-order valence-corrected chi connectivity index (χ0v) is 14.8. The third-order valence-electron chi connectivity index (χ3n) is 4.10. The Balaban J connectivity index is 1.55. The maximum atomic E-state index is 12.4. The van der Waals surface area contributed by atoms with Crippen LogP contribution in [0.1, 0.15) is 5.69 Å². The highest BCUT2D eigenvalue weighted by atomic mass is 16.5. The molecule has 1 atom stereocenters. The molecule has 2 N–H and O–H groups in total. The molecule has 0 saturated carbocycles. The first kappa shape index (κ1) is 17.9. The molecule has 2 aromatic rings. The highest BCUT2D eigenvalue weighted by Crippen LogP contribution is 2.10. The monoisotopic (exact) mass is 358 g/mol. The number of hydrogen-bond acceptors (Lipinski definition) is 6. The molecule has 1 aliphatic rings. The SMILES string of the molecule is Cc1ccc(NC(=O)N2CCO[C@H](CNc3nccn(C)c3=O)C2)cn1. The van der Waals surface area contributed by atoms with Crippen molar-refractivity contribution in [3.63, 3.8) is 0 Å². The number of urea groups is 1. The van der Waals surface area contributed by atoms with Gasteiger partial charge in [0.15, 0.2) is 5.82 Å². The predicted molar refractivity (Wildman–Crippen MR) is 97.3 cm³/mol. The molecule has 0 bridgehead atoms. The minimum Gasteiger partial charge on any atom is -0.373 e. The lowest BCUT2D eigenvalue weighted by molar-refractivity contribution is -0.00450. The van der Waals surface area contributed by atoms with Crippen LogP contribution in [-0.2, 0) is 11.8 Å². The molecule has 1 aliphatic heterocycles. The van der Waals surface area contributed by atoms with Crippen molar-refractivity contribution in [1.29, 1.82) is 0 Å². The number of nitrogens with one attached hydrogen (secondary N) is 2. The summed E-state index contributed by atoms with van der Waals surface area (Å²) in [6.45, 7) is 3.65. The fourth-order valence-electron chi connectivity index (χ4n) is 2.60. The molecule has 0 aromatic carbocycles. The molecule has 2 amide bonds. The van der Waals surface area contributed by atoms with E-state index >= 15 is 0 Å². The third-order valence-corrected chi connectivity index (χ3v) is 4.10. The summed E-state index contributed by atoms with van der Waals surface area (Å²) >= 11 is 0. The number of aromatic nitrogens is 3.